The van der Waals surface area contributed by atoms with Crippen molar-refractivity contribution in [1.29, 1.82) is 0 Å². The molecule has 0 saturated carbocycles. The summed E-state index contributed by atoms with van der Waals surface area (Å²) in [5, 5.41) is 29.4. The third-order valence-electron chi connectivity index (χ3n) is 3.84. The van der Waals surface area contributed by atoms with Crippen LogP contribution in [0.3, 0.4) is 0 Å². The molecule has 0 aromatic rings. The lowest BCUT2D eigenvalue weighted by atomic mass is 10.3. The number of nitrogens with one attached hydrogen (secondary N) is 1. The van der Waals surface area contributed by atoms with E-state index in [1.807, 2.05) is 4.90 Å². The average molecular weight is 405 g/mol. The zero-order chi connectivity index (χ0) is 21.4. The Morgan fingerprint density at radius 3 is 1.71 bits per heavy atom. The number of hydrogen-bond donors (Lipinski definition) is 5. The molecule has 0 bridgehead atoms. The van der Waals surface area contributed by atoms with Crippen LogP contribution in [0.25, 0.3) is 0 Å². The normalized spacial score (nSPS) is 11.3. The molecule has 0 fully saturated rings. The fraction of sp³-hybridized carbons (Fsp3) is 0.750. The van der Waals surface area contributed by atoms with E-state index in [9.17, 15) is 19.2 Å². The number of aldehydes is 1. The second kappa shape index (κ2) is 15.9. The summed E-state index contributed by atoms with van der Waals surface area (Å²) < 4.78 is 0. The first-order valence-corrected chi connectivity index (χ1v) is 8.95. The van der Waals surface area contributed by atoms with E-state index >= 15 is 0 Å². The van der Waals surface area contributed by atoms with Gasteiger partial charge in [-0.2, -0.15) is 0 Å². The minimum Gasteiger partial charge on any atom is -0.480 e. The number of nitrogens with zero attached hydrogens (tertiary/aromatic N) is 3. The van der Waals surface area contributed by atoms with Crippen molar-refractivity contribution >= 4 is 24.2 Å². The van der Waals surface area contributed by atoms with Gasteiger partial charge >= 0.3 is 17.9 Å². The zero-order valence-corrected chi connectivity index (χ0v) is 16.0. The molecule has 0 heterocycles. The van der Waals surface area contributed by atoms with Crippen molar-refractivity contribution < 1.29 is 34.5 Å². The van der Waals surface area contributed by atoms with E-state index in [2.05, 4.69) is 5.32 Å². The van der Waals surface area contributed by atoms with Gasteiger partial charge in [0.2, 0.25) is 0 Å². The summed E-state index contributed by atoms with van der Waals surface area (Å²) in [6, 6.07) is 0. The van der Waals surface area contributed by atoms with Gasteiger partial charge < -0.3 is 31.2 Å². The molecule has 0 aliphatic carbocycles. The quantitative estimate of drug-likeness (QED) is 0.108. The Hall–Kier alpha value is -2.12. The van der Waals surface area contributed by atoms with Gasteiger partial charge in [0.15, 0.2) is 0 Å². The van der Waals surface area contributed by atoms with E-state index in [1.165, 1.54) is 0 Å². The van der Waals surface area contributed by atoms with Crippen molar-refractivity contribution in [1.82, 2.24) is 20.0 Å². The fourth-order valence-corrected chi connectivity index (χ4v) is 2.50. The number of hydrogen-bond acceptors (Lipinski definition) is 9. The number of carboxylic acids is 3. The van der Waals surface area contributed by atoms with Gasteiger partial charge in [0.1, 0.15) is 6.29 Å². The predicted octanol–water partition coefficient (Wildman–Crippen LogP) is -3.11. The molecule has 0 spiro atoms. The van der Waals surface area contributed by atoms with Crippen LogP contribution in [-0.4, -0.2) is 133 Å². The summed E-state index contributed by atoms with van der Waals surface area (Å²) in [6.45, 7) is 2.50. The lowest BCUT2D eigenvalue weighted by Crippen LogP contribution is -2.45. The maximum atomic E-state index is 11.1. The second-order valence-corrected chi connectivity index (χ2v) is 6.17. The van der Waals surface area contributed by atoms with Crippen LogP contribution in [-0.2, 0) is 19.2 Å². The highest BCUT2D eigenvalue weighted by Gasteiger charge is 2.15. The van der Waals surface area contributed by atoms with Crippen LogP contribution in [0.4, 0.5) is 0 Å². The van der Waals surface area contributed by atoms with Crippen molar-refractivity contribution in [2.24, 2.45) is 5.73 Å². The topological polar surface area (TPSA) is 177 Å². The summed E-state index contributed by atoms with van der Waals surface area (Å²) in [7, 11) is 0. The molecule has 12 heteroatoms. The lowest BCUT2D eigenvalue weighted by Gasteiger charge is -2.28. The molecule has 0 rings (SSSR count). The van der Waals surface area contributed by atoms with Gasteiger partial charge in [0.05, 0.1) is 26.2 Å². The Balaban J connectivity index is 4.63. The SMILES string of the molecule is NCCN(CC=O)CCN(CCN(CCNCC(=O)O)CC(=O)O)CC(=O)O. The van der Waals surface area contributed by atoms with E-state index in [0.29, 0.717) is 52.4 Å². The standard InChI is InChI=1S/C16H31N5O7/c17-1-3-19(9-10-22)5-6-21(13-16(27)28)8-7-20(12-15(25)26)4-2-18-11-14(23)24/h10,18H,1-9,11-13,17H2,(H,23,24)(H,25,26)(H,27,28). The van der Waals surface area contributed by atoms with Crippen LogP contribution in [0.1, 0.15) is 0 Å². The highest BCUT2D eigenvalue weighted by Crippen LogP contribution is 1.96. The van der Waals surface area contributed by atoms with E-state index < -0.39 is 17.9 Å². The molecule has 0 unspecified atom stereocenters. The Bertz CT molecular complexity index is 492. The van der Waals surface area contributed by atoms with Gasteiger partial charge in [-0.3, -0.25) is 29.1 Å². The van der Waals surface area contributed by atoms with Crippen molar-refractivity contribution in [2.75, 3.05) is 78.5 Å². The summed E-state index contributed by atoms with van der Waals surface area (Å²) in [5.41, 5.74) is 5.50. The maximum absolute atomic E-state index is 11.1. The van der Waals surface area contributed by atoms with E-state index in [0.717, 1.165) is 6.29 Å². The molecule has 6 N–H and O–H groups in total. The fourth-order valence-electron chi connectivity index (χ4n) is 2.50. The van der Waals surface area contributed by atoms with Crippen LogP contribution in [0.5, 0.6) is 0 Å². The van der Waals surface area contributed by atoms with Crippen molar-refractivity contribution in [2.45, 2.75) is 0 Å². The molecule has 0 aliphatic heterocycles. The molecule has 0 saturated heterocycles. The second-order valence-electron chi connectivity index (χ2n) is 6.17. The average Bonchev–Trinajstić information content (AvgIpc) is 2.59. The molecular formula is C16H31N5O7. The zero-order valence-electron chi connectivity index (χ0n) is 16.0. The first kappa shape index (κ1) is 25.9. The number of carbonyl (C=O) groups is 4. The number of carboxylic acid groups (broad SMARTS) is 3. The largest absolute Gasteiger partial charge is 0.480 e. The first-order valence-electron chi connectivity index (χ1n) is 8.95. The molecule has 0 atom stereocenters. The summed E-state index contributed by atoms with van der Waals surface area (Å²) in [5.74, 6) is -3.04. The molecule has 0 amide bonds. The summed E-state index contributed by atoms with van der Waals surface area (Å²) in [6.07, 6.45) is 0.760. The Morgan fingerprint density at radius 1 is 0.786 bits per heavy atom. The molecule has 0 aliphatic rings. The monoisotopic (exact) mass is 405 g/mol. The van der Waals surface area contributed by atoms with Crippen LogP contribution < -0.4 is 11.1 Å². The van der Waals surface area contributed by atoms with E-state index in [4.69, 9.17) is 21.1 Å². The first-order chi connectivity index (χ1) is 13.3. The summed E-state index contributed by atoms with van der Waals surface area (Å²) >= 11 is 0. The number of carbonyl (C=O) groups excluding carboxylic acids is 1. The minimum atomic E-state index is -1.02. The van der Waals surface area contributed by atoms with Gasteiger partial charge in [0.25, 0.3) is 0 Å². The van der Waals surface area contributed by atoms with Crippen molar-refractivity contribution in [3.8, 4) is 0 Å². The number of rotatable bonds is 19. The number of aliphatic carboxylic acids is 3. The van der Waals surface area contributed by atoms with Crippen LogP contribution in [0.15, 0.2) is 0 Å². The molecule has 28 heavy (non-hydrogen) atoms. The van der Waals surface area contributed by atoms with Gasteiger partial charge in [-0.05, 0) is 0 Å². The molecule has 0 aromatic heterocycles. The Kier molecular flexibility index (Phi) is 14.7. The molecule has 0 radical (unpaired) electrons. The molecule has 0 aromatic carbocycles. The third kappa shape index (κ3) is 15.0. The summed E-state index contributed by atoms with van der Waals surface area (Å²) in [4.78, 5) is 48.4. The third-order valence-corrected chi connectivity index (χ3v) is 3.84. The maximum Gasteiger partial charge on any atom is 0.317 e. The van der Waals surface area contributed by atoms with Gasteiger partial charge in [-0.1, -0.05) is 0 Å². The van der Waals surface area contributed by atoms with Crippen LogP contribution >= 0.6 is 0 Å². The van der Waals surface area contributed by atoms with Crippen LogP contribution in [0.2, 0.25) is 0 Å². The van der Waals surface area contributed by atoms with Crippen molar-refractivity contribution in [3.05, 3.63) is 0 Å². The number of nitrogens with two attached hydrogens (primary N) is 1. The predicted molar refractivity (Wildman–Crippen MR) is 100 cm³/mol. The van der Waals surface area contributed by atoms with Gasteiger partial charge in [-0.25, -0.2) is 0 Å². The minimum absolute atomic E-state index is 0.207. The van der Waals surface area contributed by atoms with E-state index in [-0.39, 0.29) is 26.2 Å². The van der Waals surface area contributed by atoms with E-state index in [1.54, 1.807) is 9.80 Å². The Labute approximate surface area is 163 Å². The highest BCUT2D eigenvalue weighted by molar-refractivity contribution is 5.69. The highest BCUT2D eigenvalue weighted by atomic mass is 16.4. The lowest BCUT2D eigenvalue weighted by molar-refractivity contribution is -0.140. The molecular weight excluding hydrogens is 374 g/mol. The smallest absolute Gasteiger partial charge is 0.317 e. The van der Waals surface area contributed by atoms with Crippen LogP contribution in [0, 0.1) is 0 Å². The molecule has 12 nitrogen and oxygen atoms in total. The van der Waals surface area contributed by atoms with Gasteiger partial charge in [-0.15, -0.1) is 0 Å². The Morgan fingerprint density at radius 2 is 1.29 bits per heavy atom. The molecule has 162 valence electrons. The van der Waals surface area contributed by atoms with Gasteiger partial charge in [0, 0.05) is 52.4 Å². The van der Waals surface area contributed by atoms with Crippen molar-refractivity contribution in [3.63, 3.8) is 0 Å².